The molecule has 0 N–H and O–H groups in total. The van der Waals surface area contributed by atoms with E-state index >= 15 is 0 Å². The summed E-state index contributed by atoms with van der Waals surface area (Å²) < 4.78 is 0. The Hall–Kier alpha value is -0.850. The Labute approximate surface area is 56.8 Å². The van der Waals surface area contributed by atoms with Crippen LogP contribution in [0.15, 0.2) is 28.8 Å². The van der Waals surface area contributed by atoms with Crippen LogP contribution in [0, 0.1) is 0 Å². The molecule has 0 aromatic rings. The first-order chi connectivity index (χ1) is 4.31. The normalized spacial score (nSPS) is 13.9. The molecule has 0 saturated carbocycles. The summed E-state index contributed by atoms with van der Waals surface area (Å²) in [4.78, 5) is 3.82. The van der Waals surface area contributed by atoms with Gasteiger partial charge in [-0.05, 0) is 25.5 Å². The number of allylic oxidation sites excluding steroid dienone is 4. The quantitative estimate of drug-likeness (QED) is 0.394. The first kappa shape index (κ1) is 8.15. The zero-order valence-electron chi connectivity index (χ0n) is 6.26. The van der Waals surface area contributed by atoms with Gasteiger partial charge in [0.25, 0.3) is 0 Å². The van der Waals surface area contributed by atoms with E-state index < -0.39 is 0 Å². The van der Waals surface area contributed by atoms with E-state index in [1.807, 2.05) is 32.1 Å². The van der Waals surface area contributed by atoms with Crippen LogP contribution in [0.1, 0.15) is 13.8 Å². The molecule has 0 rings (SSSR count). The Kier molecular flexibility index (Phi) is 4.79. The molecule has 0 bridgehead atoms. The van der Waals surface area contributed by atoms with E-state index in [9.17, 15) is 0 Å². The first-order valence-electron chi connectivity index (χ1n) is 3.03. The lowest BCUT2D eigenvalue weighted by molar-refractivity contribution is 1.46. The number of hydrogen-bond acceptors (Lipinski definition) is 1. The summed E-state index contributed by atoms with van der Waals surface area (Å²) in [5, 5.41) is 0. The number of nitrogens with zero attached hydrogens (tertiary/aromatic N) is 1. The molecular formula is C8H13N. The van der Waals surface area contributed by atoms with Crippen molar-refractivity contribution in [1.82, 2.24) is 0 Å². The minimum Gasteiger partial charge on any atom is -0.297 e. The van der Waals surface area contributed by atoms with Gasteiger partial charge in [0.05, 0.1) is 0 Å². The van der Waals surface area contributed by atoms with E-state index in [0.29, 0.717) is 0 Å². The molecular weight excluding hydrogens is 110 g/mol. The van der Waals surface area contributed by atoms with E-state index in [2.05, 4.69) is 4.99 Å². The van der Waals surface area contributed by atoms with E-state index in [0.717, 1.165) is 0 Å². The second kappa shape index (κ2) is 5.29. The van der Waals surface area contributed by atoms with Crippen molar-refractivity contribution in [3.8, 4) is 0 Å². The third-order valence-corrected chi connectivity index (χ3v) is 0.916. The van der Waals surface area contributed by atoms with E-state index in [-0.39, 0.29) is 0 Å². The van der Waals surface area contributed by atoms with Gasteiger partial charge in [-0.25, -0.2) is 0 Å². The largest absolute Gasteiger partial charge is 0.297 e. The summed E-state index contributed by atoms with van der Waals surface area (Å²) in [6, 6.07) is 0. The summed E-state index contributed by atoms with van der Waals surface area (Å²) in [5.41, 5.74) is 1.23. The molecule has 0 amide bonds. The zero-order chi connectivity index (χ0) is 7.11. The van der Waals surface area contributed by atoms with Gasteiger partial charge in [-0.3, -0.25) is 4.99 Å². The molecule has 0 atom stereocenters. The molecule has 9 heavy (non-hydrogen) atoms. The fourth-order valence-electron chi connectivity index (χ4n) is 0.511. The average Bonchev–Trinajstić information content (AvgIpc) is 1.85. The highest BCUT2D eigenvalue weighted by molar-refractivity contribution is 5.72. The van der Waals surface area contributed by atoms with Gasteiger partial charge in [-0.2, -0.15) is 0 Å². The fraction of sp³-hybridized carbons (Fsp3) is 0.375. The predicted octanol–water partition coefficient (Wildman–Crippen LogP) is 2.21. The van der Waals surface area contributed by atoms with Crippen molar-refractivity contribution < 1.29 is 0 Å². The first-order valence-corrected chi connectivity index (χ1v) is 3.03. The van der Waals surface area contributed by atoms with Crippen LogP contribution in [0.4, 0.5) is 0 Å². The highest BCUT2D eigenvalue weighted by atomic mass is 14.6. The zero-order valence-corrected chi connectivity index (χ0v) is 6.26. The predicted molar refractivity (Wildman–Crippen MR) is 43.0 cm³/mol. The van der Waals surface area contributed by atoms with Crippen molar-refractivity contribution in [2.75, 3.05) is 7.05 Å². The Morgan fingerprint density at radius 1 is 1.44 bits per heavy atom. The van der Waals surface area contributed by atoms with Crippen LogP contribution >= 0.6 is 0 Å². The molecule has 0 heterocycles. The Morgan fingerprint density at radius 2 is 2.11 bits per heavy atom. The molecule has 0 radical (unpaired) electrons. The monoisotopic (exact) mass is 123 g/mol. The van der Waals surface area contributed by atoms with Gasteiger partial charge < -0.3 is 0 Å². The summed E-state index contributed by atoms with van der Waals surface area (Å²) in [7, 11) is 1.76. The molecule has 0 spiro atoms. The van der Waals surface area contributed by atoms with Gasteiger partial charge in [0, 0.05) is 13.3 Å². The maximum Gasteiger partial charge on any atom is 0.0277 e. The van der Waals surface area contributed by atoms with Crippen molar-refractivity contribution in [3.05, 3.63) is 23.8 Å². The van der Waals surface area contributed by atoms with Crippen LogP contribution in [-0.2, 0) is 0 Å². The lowest BCUT2D eigenvalue weighted by Gasteiger charge is -1.83. The van der Waals surface area contributed by atoms with Crippen LogP contribution in [0.25, 0.3) is 0 Å². The van der Waals surface area contributed by atoms with Crippen molar-refractivity contribution >= 4 is 6.21 Å². The smallest absolute Gasteiger partial charge is 0.0277 e. The third kappa shape index (κ3) is 5.01. The molecule has 0 unspecified atom stereocenters. The van der Waals surface area contributed by atoms with E-state index in [4.69, 9.17) is 0 Å². The van der Waals surface area contributed by atoms with E-state index in [1.54, 1.807) is 13.3 Å². The molecule has 1 heteroatoms. The second-order valence-electron chi connectivity index (χ2n) is 1.82. The van der Waals surface area contributed by atoms with Gasteiger partial charge in [0.2, 0.25) is 0 Å². The van der Waals surface area contributed by atoms with Crippen molar-refractivity contribution in [3.63, 3.8) is 0 Å². The lowest BCUT2D eigenvalue weighted by Crippen LogP contribution is -1.68. The molecule has 0 fully saturated rings. The fourth-order valence-corrected chi connectivity index (χ4v) is 0.511. The Morgan fingerprint density at radius 3 is 2.56 bits per heavy atom. The topological polar surface area (TPSA) is 12.4 Å². The van der Waals surface area contributed by atoms with Crippen LogP contribution in [0.2, 0.25) is 0 Å². The van der Waals surface area contributed by atoms with Gasteiger partial charge in [0.1, 0.15) is 0 Å². The molecule has 0 aromatic carbocycles. The van der Waals surface area contributed by atoms with Crippen molar-refractivity contribution in [2.24, 2.45) is 4.99 Å². The van der Waals surface area contributed by atoms with Gasteiger partial charge in [-0.1, -0.05) is 12.2 Å². The van der Waals surface area contributed by atoms with E-state index in [1.165, 1.54) is 5.57 Å². The summed E-state index contributed by atoms with van der Waals surface area (Å²) >= 11 is 0. The number of rotatable bonds is 2. The van der Waals surface area contributed by atoms with Crippen LogP contribution in [0.5, 0.6) is 0 Å². The van der Waals surface area contributed by atoms with Crippen molar-refractivity contribution in [1.29, 1.82) is 0 Å². The summed E-state index contributed by atoms with van der Waals surface area (Å²) in [6.45, 7) is 4.04. The lowest BCUT2D eigenvalue weighted by atomic mass is 10.3. The van der Waals surface area contributed by atoms with Gasteiger partial charge in [0.15, 0.2) is 0 Å². The highest BCUT2D eigenvalue weighted by Crippen LogP contribution is 1.91. The highest BCUT2D eigenvalue weighted by Gasteiger charge is 1.73. The Balaban J connectivity index is 3.84. The maximum atomic E-state index is 3.82. The molecule has 0 aliphatic heterocycles. The molecule has 0 aliphatic carbocycles. The van der Waals surface area contributed by atoms with Crippen LogP contribution < -0.4 is 0 Å². The molecule has 0 aliphatic rings. The van der Waals surface area contributed by atoms with Gasteiger partial charge in [-0.15, -0.1) is 0 Å². The minimum atomic E-state index is 1.23. The summed E-state index contributed by atoms with van der Waals surface area (Å²) in [6.07, 6.45) is 7.81. The average molecular weight is 123 g/mol. The third-order valence-electron chi connectivity index (χ3n) is 0.916. The molecule has 50 valence electrons. The molecule has 1 nitrogen and oxygen atoms in total. The Bertz CT molecular complexity index is 141. The van der Waals surface area contributed by atoms with Crippen LogP contribution in [0.3, 0.4) is 0 Å². The number of hydrogen-bond donors (Lipinski definition) is 0. The summed E-state index contributed by atoms with van der Waals surface area (Å²) in [5.74, 6) is 0. The minimum absolute atomic E-state index is 1.23. The SMILES string of the molecule is C/C=C/C(C)=C/C=NC. The maximum absolute atomic E-state index is 3.82. The van der Waals surface area contributed by atoms with Gasteiger partial charge >= 0.3 is 0 Å². The van der Waals surface area contributed by atoms with Crippen molar-refractivity contribution in [2.45, 2.75) is 13.8 Å². The molecule has 0 saturated heterocycles. The second-order valence-corrected chi connectivity index (χ2v) is 1.82. The number of aliphatic imine (C=N–C) groups is 1. The molecule has 0 aromatic heterocycles. The van der Waals surface area contributed by atoms with Crippen LogP contribution in [-0.4, -0.2) is 13.3 Å². The standard InChI is InChI=1S/C8H13N/c1-4-5-8(2)6-7-9-3/h4-7H,1-3H3/b5-4+,8-6+,9-7?.